The summed E-state index contributed by atoms with van der Waals surface area (Å²) in [6, 6.07) is 2.61. The van der Waals surface area contributed by atoms with E-state index in [1.807, 2.05) is 0 Å². The first-order valence-electron chi connectivity index (χ1n) is 6.77. The monoisotopic (exact) mass is 365 g/mol. The third kappa shape index (κ3) is 2.91. The highest BCUT2D eigenvalue weighted by molar-refractivity contribution is 7.95. The highest BCUT2D eigenvalue weighted by atomic mass is 32.2. The predicted octanol–water partition coefficient (Wildman–Crippen LogP) is 1.50. The van der Waals surface area contributed by atoms with Crippen molar-refractivity contribution in [3.8, 4) is 0 Å². The number of rotatable bonds is 3. The molecule has 10 heteroatoms. The summed E-state index contributed by atoms with van der Waals surface area (Å²) in [5.41, 5.74) is -1.41. The van der Waals surface area contributed by atoms with Crippen molar-refractivity contribution < 1.29 is 26.8 Å². The van der Waals surface area contributed by atoms with Gasteiger partial charge in [0.05, 0.1) is 0 Å². The smallest absolute Gasteiger partial charge is 0.231 e. The summed E-state index contributed by atoms with van der Waals surface area (Å²) in [6.07, 6.45) is 3.07. The van der Waals surface area contributed by atoms with Gasteiger partial charge in [0, 0.05) is 30.4 Å². The van der Waals surface area contributed by atoms with Gasteiger partial charge in [-0.25, -0.2) is 27.2 Å². The quantitative estimate of drug-likeness (QED) is 0.878. The Balaban J connectivity index is 2.20. The largest absolute Gasteiger partial charge is 0.351 e. The number of sulfone groups is 1. The van der Waals surface area contributed by atoms with Crippen molar-refractivity contribution in [2.24, 2.45) is 0 Å². The van der Waals surface area contributed by atoms with Crippen LogP contribution in [0, 0.1) is 11.6 Å². The van der Waals surface area contributed by atoms with Crippen molar-refractivity contribution in [2.75, 3.05) is 11.6 Å². The Morgan fingerprint density at radius 3 is 2.12 bits per heavy atom. The number of hydrogen-bond donors (Lipinski definition) is 1. The third-order valence-electron chi connectivity index (χ3n) is 3.35. The van der Waals surface area contributed by atoms with Crippen LogP contribution in [0.15, 0.2) is 41.2 Å². The number of nitrogens with zero attached hydrogens (tertiary/aromatic N) is 2. The molecular weight excluding hydrogens is 356 g/mol. The summed E-state index contributed by atoms with van der Waals surface area (Å²) in [7, 11) is -4.13. The lowest BCUT2D eigenvalue weighted by Crippen LogP contribution is -2.31. The second-order valence-electron chi connectivity index (χ2n) is 5.14. The molecule has 128 valence electrons. The van der Waals surface area contributed by atoms with Crippen LogP contribution in [0.2, 0.25) is 0 Å². The van der Waals surface area contributed by atoms with Gasteiger partial charge in [-0.15, -0.1) is 0 Å². The van der Waals surface area contributed by atoms with Crippen molar-refractivity contribution in [3.05, 3.63) is 64.2 Å². The first kappa shape index (κ1) is 16.8. The second-order valence-corrected chi connectivity index (χ2v) is 7.09. The minimum absolute atomic E-state index is 0.108. The van der Waals surface area contributed by atoms with Crippen molar-refractivity contribution in [2.45, 2.75) is 0 Å². The number of carbonyl (C=O) groups excluding carboxylic acids is 2. The van der Waals surface area contributed by atoms with Gasteiger partial charge in [0.1, 0.15) is 22.0 Å². The fourth-order valence-corrected chi connectivity index (χ4v) is 3.25. The Hall–Kier alpha value is -3.01. The predicted molar refractivity (Wildman–Crippen MR) is 82.5 cm³/mol. The molecule has 0 aliphatic heterocycles. The van der Waals surface area contributed by atoms with E-state index >= 15 is 0 Å². The molecule has 1 aromatic heterocycles. The van der Waals surface area contributed by atoms with Crippen LogP contribution in [0.5, 0.6) is 0 Å². The zero-order chi connectivity index (χ0) is 18.4. The molecule has 2 aromatic rings. The molecule has 0 radical (unpaired) electrons. The summed E-state index contributed by atoms with van der Waals surface area (Å²) in [5.74, 6) is -4.23. The molecule has 1 aliphatic carbocycles. The van der Waals surface area contributed by atoms with Crippen LogP contribution in [0.1, 0.15) is 21.0 Å². The number of benzene rings is 1. The molecule has 7 nitrogen and oxygen atoms in total. The Kier molecular flexibility index (Phi) is 3.91. The Bertz CT molecular complexity index is 1060. The van der Waals surface area contributed by atoms with E-state index < -0.39 is 43.6 Å². The highest BCUT2D eigenvalue weighted by Gasteiger charge is 2.39. The van der Waals surface area contributed by atoms with E-state index in [4.69, 9.17) is 0 Å². The maximum Gasteiger partial charge on any atom is 0.231 e. The van der Waals surface area contributed by atoms with Crippen LogP contribution >= 0.6 is 0 Å². The fourth-order valence-electron chi connectivity index (χ4n) is 2.30. The average Bonchev–Trinajstić information content (AvgIpc) is 2.54. The zero-order valence-electron chi connectivity index (χ0n) is 12.6. The standard InChI is InChI=1S/C15H9F2N3O4S/c1-25(23,24)15-12(20-7-2-3-8(16)9(17)6-7)13(21)10-11(14(15)22)19-5-4-18-10/h2-6,20H,1H3. The van der Waals surface area contributed by atoms with Gasteiger partial charge < -0.3 is 5.32 Å². The molecule has 0 saturated heterocycles. The van der Waals surface area contributed by atoms with Crippen LogP contribution < -0.4 is 5.32 Å². The van der Waals surface area contributed by atoms with E-state index in [9.17, 15) is 26.8 Å². The van der Waals surface area contributed by atoms with Crippen molar-refractivity contribution in [1.82, 2.24) is 9.97 Å². The molecule has 0 fully saturated rings. The lowest BCUT2D eigenvalue weighted by atomic mass is 10.0. The molecule has 3 rings (SSSR count). The van der Waals surface area contributed by atoms with Gasteiger partial charge in [0.2, 0.25) is 11.6 Å². The SMILES string of the molecule is CS(=O)(=O)C1=C(Nc2ccc(F)c(F)c2)C(=O)c2nccnc2C1=O. The van der Waals surface area contributed by atoms with Gasteiger partial charge in [-0.3, -0.25) is 9.59 Å². The van der Waals surface area contributed by atoms with E-state index in [1.54, 1.807) is 0 Å². The van der Waals surface area contributed by atoms with E-state index in [0.29, 0.717) is 0 Å². The van der Waals surface area contributed by atoms with Gasteiger partial charge in [-0.1, -0.05) is 0 Å². The molecule has 0 spiro atoms. The second kappa shape index (κ2) is 5.81. The maximum atomic E-state index is 13.4. The minimum atomic E-state index is -4.13. The maximum absolute atomic E-state index is 13.4. The van der Waals surface area contributed by atoms with E-state index in [0.717, 1.165) is 30.7 Å². The van der Waals surface area contributed by atoms with Crippen molar-refractivity contribution >= 4 is 27.1 Å². The number of halogens is 2. The highest BCUT2D eigenvalue weighted by Crippen LogP contribution is 2.28. The van der Waals surface area contributed by atoms with Crippen LogP contribution in [0.4, 0.5) is 14.5 Å². The normalized spacial score (nSPS) is 14.5. The van der Waals surface area contributed by atoms with Crippen LogP contribution in [0.3, 0.4) is 0 Å². The third-order valence-corrected chi connectivity index (χ3v) is 4.48. The number of allylic oxidation sites excluding steroid dienone is 2. The van der Waals surface area contributed by atoms with Gasteiger partial charge in [0.25, 0.3) is 0 Å². The first-order valence-corrected chi connectivity index (χ1v) is 8.66. The number of ketones is 2. The Morgan fingerprint density at radius 2 is 1.56 bits per heavy atom. The van der Waals surface area contributed by atoms with Gasteiger partial charge in [-0.05, 0) is 12.1 Å². The number of hydrogen-bond acceptors (Lipinski definition) is 7. The van der Waals surface area contributed by atoms with Gasteiger partial charge in [0.15, 0.2) is 21.5 Å². The van der Waals surface area contributed by atoms with E-state index in [2.05, 4.69) is 15.3 Å². The Morgan fingerprint density at radius 1 is 0.960 bits per heavy atom. The molecule has 1 heterocycles. The molecule has 0 amide bonds. The summed E-state index contributed by atoms with van der Waals surface area (Å²) >= 11 is 0. The molecule has 0 bridgehead atoms. The first-order chi connectivity index (χ1) is 11.7. The fraction of sp³-hybridized carbons (Fsp3) is 0.0667. The molecular formula is C15H9F2N3O4S. The van der Waals surface area contributed by atoms with E-state index in [1.165, 1.54) is 6.20 Å². The van der Waals surface area contributed by atoms with Crippen molar-refractivity contribution in [1.29, 1.82) is 0 Å². The van der Waals surface area contributed by atoms with Crippen LogP contribution in [-0.4, -0.2) is 36.2 Å². The molecule has 0 saturated carbocycles. The summed E-state index contributed by atoms with van der Waals surface area (Å²) in [5, 5.41) is 2.38. The van der Waals surface area contributed by atoms with E-state index in [-0.39, 0.29) is 17.1 Å². The summed E-state index contributed by atoms with van der Waals surface area (Å²) in [6.45, 7) is 0. The molecule has 0 unspecified atom stereocenters. The number of fused-ring (bicyclic) bond motifs is 1. The van der Waals surface area contributed by atoms with Crippen molar-refractivity contribution in [3.63, 3.8) is 0 Å². The molecule has 25 heavy (non-hydrogen) atoms. The molecule has 1 aromatic carbocycles. The van der Waals surface area contributed by atoms with Crippen LogP contribution in [0.25, 0.3) is 0 Å². The number of Topliss-reactive ketones (excluding diaryl/α,β-unsaturated/α-hetero) is 2. The number of aromatic nitrogens is 2. The number of nitrogens with one attached hydrogen (secondary N) is 1. The lowest BCUT2D eigenvalue weighted by Gasteiger charge is -2.19. The topological polar surface area (TPSA) is 106 Å². The summed E-state index contributed by atoms with van der Waals surface area (Å²) in [4.78, 5) is 31.7. The average molecular weight is 365 g/mol. The zero-order valence-corrected chi connectivity index (χ0v) is 13.4. The lowest BCUT2D eigenvalue weighted by molar-refractivity contribution is 0.0974. The minimum Gasteiger partial charge on any atom is -0.351 e. The number of anilines is 1. The summed E-state index contributed by atoms with van der Waals surface area (Å²) < 4.78 is 50.4. The van der Waals surface area contributed by atoms with Gasteiger partial charge in [-0.2, -0.15) is 0 Å². The molecule has 1 aliphatic rings. The van der Waals surface area contributed by atoms with Gasteiger partial charge >= 0.3 is 0 Å². The Labute approximate surface area is 140 Å². The van der Waals surface area contributed by atoms with Crippen LogP contribution in [-0.2, 0) is 9.84 Å². The molecule has 1 N–H and O–H groups in total. The molecule has 0 atom stereocenters. The number of carbonyl (C=O) groups is 2.